The second-order valence-electron chi connectivity index (χ2n) is 4.89. The Morgan fingerprint density at radius 1 is 1.24 bits per heavy atom. The summed E-state index contributed by atoms with van der Waals surface area (Å²) in [5.74, 6) is 0.201. The van der Waals surface area contributed by atoms with Crippen LogP contribution in [0.2, 0.25) is 0 Å². The highest BCUT2D eigenvalue weighted by Gasteiger charge is 2.18. The molecule has 0 radical (unpaired) electrons. The maximum atomic E-state index is 12.9. The molecule has 0 aliphatic carbocycles. The lowest BCUT2D eigenvalue weighted by atomic mass is 10.0. The lowest BCUT2D eigenvalue weighted by Gasteiger charge is -2.19. The van der Waals surface area contributed by atoms with Crippen LogP contribution in [0.3, 0.4) is 0 Å². The van der Waals surface area contributed by atoms with Gasteiger partial charge in [-0.1, -0.05) is 18.2 Å². The second-order valence-corrected chi connectivity index (χ2v) is 5.42. The maximum Gasteiger partial charge on any atom is 0.262 e. The number of carbonyl (C=O) groups excluding carboxylic acids is 1. The number of amides is 1. The van der Waals surface area contributed by atoms with Crippen LogP contribution in [0.5, 0.6) is 5.75 Å². The Morgan fingerprint density at radius 2 is 2.00 bits per heavy atom. The zero-order valence-corrected chi connectivity index (χ0v) is 11.9. The predicted octanol–water partition coefficient (Wildman–Crippen LogP) is 3.68. The van der Waals surface area contributed by atoms with Gasteiger partial charge >= 0.3 is 0 Å². The van der Waals surface area contributed by atoms with E-state index in [-0.39, 0.29) is 23.7 Å². The number of ether oxygens (including phenoxy) is 1. The third kappa shape index (κ3) is 3.16. The minimum atomic E-state index is -0.265. The van der Waals surface area contributed by atoms with Crippen LogP contribution in [-0.2, 0) is 11.2 Å². The van der Waals surface area contributed by atoms with Gasteiger partial charge in [0.1, 0.15) is 11.6 Å². The lowest BCUT2D eigenvalue weighted by molar-refractivity contribution is -0.118. The van der Waals surface area contributed by atoms with E-state index in [0.717, 1.165) is 11.1 Å². The van der Waals surface area contributed by atoms with Crippen molar-refractivity contribution in [1.82, 2.24) is 0 Å². The quantitative estimate of drug-likeness (QED) is 0.879. The Labute approximate surface area is 126 Å². The van der Waals surface area contributed by atoms with E-state index in [1.807, 2.05) is 12.1 Å². The molecule has 0 saturated heterocycles. The first-order valence-electron chi connectivity index (χ1n) is 6.57. The third-order valence-electron chi connectivity index (χ3n) is 3.33. The summed E-state index contributed by atoms with van der Waals surface area (Å²) in [6.07, 6.45) is 0.579. The van der Waals surface area contributed by atoms with Gasteiger partial charge in [0.05, 0.1) is 11.1 Å². The van der Waals surface area contributed by atoms with Gasteiger partial charge in [0.2, 0.25) is 0 Å². The summed E-state index contributed by atoms with van der Waals surface area (Å²) in [5.41, 5.74) is 2.47. The van der Waals surface area contributed by atoms with E-state index in [2.05, 4.69) is 5.32 Å². The molecule has 5 heteroatoms. The number of fused-ring (bicyclic) bond motifs is 1. The van der Waals surface area contributed by atoms with Gasteiger partial charge in [0.25, 0.3) is 5.91 Å². The zero-order valence-electron chi connectivity index (χ0n) is 11.1. The fourth-order valence-electron chi connectivity index (χ4n) is 2.24. The van der Waals surface area contributed by atoms with Crippen LogP contribution in [0, 0.1) is 5.82 Å². The Kier molecular flexibility index (Phi) is 3.80. The molecule has 21 heavy (non-hydrogen) atoms. The van der Waals surface area contributed by atoms with Crippen molar-refractivity contribution in [3.63, 3.8) is 0 Å². The molecule has 3 rings (SSSR count). The van der Waals surface area contributed by atoms with Crippen molar-refractivity contribution in [3.8, 4) is 5.75 Å². The number of alkyl halides is 1. The highest BCUT2D eigenvalue weighted by molar-refractivity contribution is 6.21. The standard InChI is InChI=1S/C16H13ClFNO2/c17-13(7-10-1-4-12(18)5-2-10)11-3-6-15-14(8-11)19-16(20)9-21-15/h1-6,8,13H,7,9H2,(H,19,20). The maximum absolute atomic E-state index is 12.9. The van der Waals surface area contributed by atoms with Crippen LogP contribution < -0.4 is 10.1 Å². The van der Waals surface area contributed by atoms with Crippen molar-refractivity contribution in [2.45, 2.75) is 11.8 Å². The molecule has 2 aromatic rings. The predicted molar refractivity (Wildman–Crippen MR) is 79.3 cm³/mol. The molecule has 0 spiro atoms. The SMILES string of the molecule is O=C1COc2ccc(C(Cl)Cc3ccc(F)cc3)cc2N1. The summed E-state index contributed by atoms with van der Waals surface area (Å²) >= 11 is 6.41. The molecule has 1 unspecified atom stereocenters. The highest BCUT2D eigenvalue weighted by atomic mass is 35.5. The number of benzene rings is 2. The van der Waals surface area contributed by atoms with Crippen molar-refractivity contribution in [2.75, 3.05) is 11.9 Å². The summed E-state index contributed by atoms with van der Waals surface area (Å²) in [6, 6.07) is 11.7. The molecule has 1 aliphatic heterocycles. The fraction of sp³-hybridized carbons (Fsp3) is 0.188. The molecule has 0 saturated carbocycles. The average Bonchev–Trinajstić information content (AvgIpc) is 2.48. The van der Waals surface area contributed by atoms with Gasteiger partial charge in [-0.05, 0) is 41.8 Å². The van der Waals surface area contributed by atoms with E-state index < -0.39 is 0 Å². The Morgan fingerprint density at radius 3 is 2.76 bits per heavy atom. The van der Waals surface area contributed by atoms with E-state index >= 15 is 0 Å². The summed E-state index contributed by atoms with van der Waals surface area (Å²) in [5, 5.41) is 2.49. The van der Waals surface area contributed by atoms with Crippen LogP contribution in [0.1, 0.15) is 16.5 Å². The molecule has 1 atom stereocenters. The van der Waals surface area contributed by atoms with Crippen LogP contribution in [0.15, 0.2) is 42.5 Å². The molecule has 1 aliphatic rings. The van der Waals surface area contributed by atoms with Gasteiger partial charge in [-0.15, -0.1) is 11.6 Å². The molecular formula is C16H13ClFNO2. The number of hydrogen-bond donors (Lipinski definition) is 1. The number of carbonyl (C=O) groups is 1. The van der Waals surface area contributed by atoms with Crippen molar-refractivity contribution in [2.24, 2.45) is 0 Å². The first-order valence-corrected chi connectivity index (χ1v) is 7.00. The van der Waals surface area contributed by atoms with Crippen molar-refractivity contribution < 1.29 is 13.9 Å². The lowest BCUT2D eigenvalue weighted by Crippen LogP contribution is -2.25. The monoisotopic (exact) mass is 305 g/mol. The molecular weight excluding hydrogens is 293 g/mol. The van der Waals surface area contributed by atoms with E-state index in [4.69, 9.17) is 16.3 Å². The number of anilines is 1. The van der Waals surface area contributed by atoms with E-state index in [0.29, 0.717) is 17.9 Å². The first kappa shape index (κ1) is 13.9. The molecule has 108 valence electrons. The molecule has 2 aromatic carbocycles. The van der Waals surface area contributed by atoms with Crippen molar-refractivity contribution in [1.29, 1.82) is 0 Å². The normalized spacial score (nSPS) is 14.9. The van der Waals surface area contributed by atoms with E-state index in [1.54, 1.807) is 18.2 Å². The number of nitrogens with one attached hydrogen (secondary N) is 1. The fourth-order valence-corrected chi connectivity index (χ4v) is 2.55. The van der Waals surface area contributed by atoms with Gasteiger partial charge in [-0.25, -0.2) is 4.39 Å². The van der Waals surface area contributed by atoms with Crippen LogP contribution in [0.25, 0.3) is 0 Å². The molecule has 1 amide bonds. The van der Waals surface area contributed by atoms with Gasteiger partial charge in [0.15, 0.2) is 6.61 Å². The number of halogens is 2. The summed E-state index contributed by atoms with van der Waals surface area (Å²) in [6.45, 7) is 0.0340. The van der Waals surface area contributed by atoms with E-state index in [9.17, 15) is 9.18 Å². The number of hydrogen-bond acceptors (Lipinski definition) is 2. The average molecular weight is 306 g/mol. The van der Waals surface area contributed by atoms with Gasteiger partial charge in [-0.2, -0.15) is 0 Å². The second kappa shape index (κ2) is 5.74. The van der Waals surface area contributed by atoms with Gasteiger partial charge in [-0.3, -0.25) is 4.79 Å². The molecule has 0 fully saturated rings. The summed E-state index contributed by atoms with van der Waals surface area (Å²) < 4.78 is 18.2. The number of rotatable bonds is 3. The Bertz CT molecular complexity index is 672. The zero-order chi connectivity index (χ0) is 14.8. The van der Waals surface area contributed by atoms with Crippen LogP contribution in [0.4, 0.5) is 10.1 Å². The topological polar surface area (TPSA) is 38.3 Å². The Balaban J connectivity index is 1.78. The van der Waals surface area contributed by atoms with Gasteiger partial charge < -0.3 is 10.1 Å². The minimum absolute atomic E-state index is 0.0340. The molecule has 3 nitrogen and oxygen atoms in total. The third-order valence-corrected chi connectivity index (χ3v) is 3.73. The van der Waals surface area contributed by atoms with Crippen molar-refractivity contribution >= 4 is 23.2 Å². The summed E-state index contributed by atoms with van der Waals surface area (Å²) in [4.78, 5) is 11.3. The minimum Gasteiger partial charge on any atom is -0.482 e. The Hall–Kier alpha value is -2.07. The van der Waals surface area contributed by atoms with Gasteiger partial charge in [0, 0.05) is 0 Å². The van der Waals surface area contributed by atoms with Crippen LogP contribution >= 0.6 is 11.6 Å². The molecule has 0 bridgehead atoms. The molecule has 0 aromatic heterocycles. The smallest absolute Gasteiger partial charge is 0.262 e. The van der Waals surface area contributed by atoms with E-state index in [1.165, 1.54) is 12.1 Å². The molecule has 1 heterocycles. The first-order chi connectivity index (χ1) is 10.1. The largest absolute Gasteiger partial charge is 0.482 e. The summed E-state index contributed by atoms with van der Waals surface area (Å²) in [7, 11) is 0. The molecule has 1 N–H and O–H groups in total. The van der Waals surface area contributed by atoms with Crippen LogP contribution in [-0.4, -0.2) is 12.5 Å². The highest BCUT2D eigenvalue weighted by Crippen LogP contribution is 2.33. The van der Waals surface area contributed by atoms with Crippen molar-refractivity contribution in [3.05, 3.63) is 59.4 Å².